The largest absolute Gasteiger partial charge is 0.378 e. The highest BCUT2D eigenvalue weighted by atomic mass is 16.5. The Morgan fingerprint density at radius 2 is 2.11 bits per heavy atom. The van der Waals surface area contributed by atoms with Crippen LogP contribution in [-0.2, 0) is 4.74 Å². The van der Waals surface area contributed by atoms with E-state index in [2.05, 4.69) is 27.2 Å². The van der Waals surface area contributed by atoms with Gasteiger partial charge in [-0.2, -0.15) is 15.0 Å². The molecule has 1 saturated heterocycles. The van der Waals surface area contributed by atoms with Gasteiger partial charge >= 0.3 is 0 Å². The van der Waals surface area contributed by atoms with Crippen LogP contribution < -0.4 is 11.1 Å². The quantitative estimate of drug-likeness (QED) is 0.833. The molecule has 2 heterocycles. The summed E-state index contributed by atoms with van der Waals surface area (Å²) >= 11 is 0. The van der Waals surface area contributed by atoms with E-state index in [-0.39, 0.29) is 0 Å². The van der Waals surface area contributed by atoms with Gasteiger partial charge in [0.1, 0.15) is 5.82 Å². The molecule has 2 atom stereocenters. The molecule has 1 aliphatic carbocycles. The lowest BCUT2D eigenvalue weighted by atomic mass is 10.0. The number of aromatic nitrogens is 3. The molecule has 6 nitrogen and oxygen atoms in total. The zero-order valence-electron chi connectivity index (χ0n) is 10.6. The number of hydrogen-bond acceptors (Lipinski definition) is 6. The first-order valence-corrected chi connectivity index (χ1v) is 6.59. The molecule has 98 valence electrons. The third kappa shape index (κ3) is 2.53. The molecule has 0 radical (unpaired) electrons. The minimum Gasteiger partial charge on any atom is -0.378 e. The number of hydrogen-bond donors (Lipinski definition) is 2. The minimum atomic E-state index is 0.305. The summed E-state index contributed by atoms with van der Waals surface area (Å²) in [5, 5.41) is 3.26. The fraction of sp³-hybridized carbons (Fsp3) is 0.750. The molecule has 3 N–H and O–H groups in total. The molecule has 0 amide bonds. The highest BCUT2D eigenvalue weighted by molar-refractivity contribution is 5.32. The van der Waals surface area contributed by atoms with Crippen LogP contribution in [0.3, 0.4) is 0 Å². The number of nitrogens with zero attached hydrogens (tertiary/aromatic N) is 3. The van der Waals surface area contributed by atoms with E-state index in [1.165, 1.54) is 0 Å². The number of ether oxygens (including phenoxy) is 1. The van der Waals surface area contributed by atoms with Crippen LogP contribution in [0.1, 0.15) is 37.9 Å². The first-order chi connectivity index (χ1) is 8.72. The van der Waals surface area contributed by atoms with Gasteiger partial charge in [0.15, 0.2) is 0 Å². The van der Waals surface area contributed by atoms with Gasteiger partial charge in [0.05, 0.1) is 6.10 Å². The summed E-state index contributed by atoms with van der Waals surface area (Å²) in [6, 6.07) is 0. The molecule has 1 saturated carbocycles. The highest BCUT2D eigenvalue weighted by Gasteiger charge is 2.28. The zero-order chi connectivity index (χ0) is 12.5. The lowest BCUT2D eigenvalue weighted by Gasteiger charge is -2.14. The molecule has 2 aliphatic rings. The maximum Gasteiger partial charge on any atom is 0.227 e. The van der Waals surface area contributed by atoms with Crippen molar-refractivity contribution in [3.8, 4) is 0 Å². The second-order valence-corrected chi connectivity index (χ2v) is 5.16. The second-order valence-electron chi connectivity index (χ2n) is 5.16. The van der Waals surface area contributed by atoms with Crippen molar-refractivity contribution < 1.29 is 4.74 Å². The van der Waals surface area contributed by atoms with Crippen LogP contribution in [0, 0.1) is 5.92 Å². The average Bonchev–Trinajstić information content (AvgIpc) is 3.11. The smallest absolute Gasteiger partial charge is 0.227 e. The first-order valence-electron chi connectivity index (χ1n) is 6.59. The van der Waals surface area contributed by atoms with E-state index >= 15 is 0 Å². The Morgan fingerprint density at radius 1 is 1.28 bits per heavy atom. The van der Waals surface area contributed by atoms with Crippen molar-refractivity contribution in [2.75, 3.05) is 24.2 Å². The summed E-state index contributed by atoms with van der Waals surface area (Å²) in [6.07, 6.45) is 3.72. The van der Waals surface area contributed by atoms with E-state index in [1.807, 2.05) is 0 Å². The Morgan fingerprint density at radius 3 is 2.78 bits per heavy atom. The maximum absolute atomic E-state index is 5.71. The van der Waals surface area contributed by atoms with E-state index in [0.29, 0.717) is 29.8 Å². The third-order valence-electron chi connectivity index (χ3n) is 3.67. The Balaban J connectivity index is 1.64. The molecule has 2 unspecified atom stereocenters. The van der Waals surface area contributed by atoms with Crippen LogP contribution in [0.2, 0.25) is 0 Å². The van der Waals surface area contributed by atoms with Crippen molar-refractivity contribution in [1.29, 1.82) is 0 Å². The summed E-state index contributed by atoms with van der Waals surface area (Å²) in [6.45, 7) is 3.78. The monoisotopic (exact) mass is 249 g/mol. The summed E-state index contributed by atoms with van der Waals surface area (Å²) < 4.78 is 5.53. The van der Waals surface area contributed by atoms with Crippen molar-refractivity contribution >= 4 is 11.9 Å². The molecule has 3 rings (SSSR count). The van der Waals surface area contributed by atoms with E-state index in [9.17, 15) is 0 Å². The molecule has 1 aliphatic heterocycles. The van der Waals surface area contributed by atoms with Crippen LogP contribution in [0.4, 0.5) is 11.9 Å². The average molecular weight is 249 g/mol. The second kappa shape index (κ2) is 4.68. The Bertz CT molecular complexity index is 434. The van der Waals surface area contributed by atoms with Gasteiger partial charge in [0.25, 0.3) is 0 Å². The van der Waals surface area contributed by atoms with Gasteiger partial charge in [-0.05, 0) is 26.2 Å². The molecule has 0 bridgehead atoms. The van der Waals surface area contributed by atoms with Gasteiger partial charge in [0.2, 0.25) is 11.9 Å². The van der Waals surface area contributed by atoms with Gasteiger partial charge in [-0.15, -0.1) is 0 Å². The lowest BCUT2D eigenvalue weighted by Crippen LogP contribution is -2.22. The Kier molecular flexibility index (Phi) is 3.03. The first kappa shape index (κ1) is 11.6. The summed E-state index contributed by atoms with van der Waals surface area (Å²) in [5.74, 6) is 2.76. The van der Waals surface area contributed by atoms with Crippen molar-refractivity contribution in [3.63, 3.8) is 0 Å². The van der Waals surface area contributed by atoms with Crippen LogP contribution in [0.5, 0.6) is 0 Å². The van der Waals surface area contributed by atoms with Gasteiger partial charge in [0, 0.05) is 25.0 Å². The van der Waals surface area contributed by atoms with Crippen molar-refractivity contribution in [1.82, 2.24) is 15.0 Å². The minimum absolute atomic E-state index is 0.305. The van der Waals surface area contributed by atoms with Gasteiger partial charge in [-0.25, -0.2) is 0 Å². The predicted octanol–water partition coefficient (Wildman–Crippen LogP) is 1.17. The zero-order valence-corrected chi connectivity index (χ0v) is 10.6. The molecule has 0 spiro atoms. The molecular weight excluding hydrogens is 230 g/mol. The van der Waals surface area contributed by atoms with Gasteiger partial charge in [-0.1, -0.05) is 0 Å². The Hall–Kier alpha value is -1.43. The number of nitrogens with two attached hydrogens (primary N) is 1. The molecule has 0 aromatic carbocycles. The van der Waals surface area contributed by atoms with Crippen LogP contribution in [-0.4, -0.2) is 34.2 Å². The standard InChI is InChI=1S/C12H19N5O/c1-7-9(4-5-18-7)6-14-12-16-10(8-2-3-8)15-11(13)17-12/h7-9H,2-6H2,1H3,(H3,13,14,15,16,17). The number of rotatable bonds is 4. The predicted molar refractivity (Wildman–Crippen MR) is 68.2 cm³/mol. The molecule has 6 heteroatoms. The highest BCUT2D eigenvalue weighted by Crippen LogP contribution is 2.38. The third-order valence-corrected chi connectivity index (χ3v) is 3.67. The molecule has 1 aromatic rings. The summed E-state index contributed by atoms with van der Waals surface area (Å²) in [4.78, 5) is 12.7. The van der Waals surface area contributed by atoms with Gasteiger partial charge < -0.3 is 15.8 Å². The topological polar surface area (TPSA) is 86.0 Å². The summed E-state index contributed by atoms with van der Waals surface area (Å²) in [7, 11) is 0. The van der Waals surface area contributed by atoms with Crippen molar-refractivity contribution in [2.24, 2.45) is 5.92 Å². The molecule has 18 heavy (non-hydrogen) atoms. The van der Waals surface area contributed by atoms with Gasteiger partial charge in [-0.3, -0.25) is 0 Å². The van der Waals surface area contributed by atoms with Crippen molar-refractivity contribution in [2.45, 2.75) is 38.2 Å². The van der Waals surface area contributed by atoms with E-state index in [0.717, 1.165) is 38.2 Å². The van der Waals surface area contributed by atoms with Crippen LogP contribution in [0.25, 0.3) is 0 Å². The SMILES string of the molecule is CC1OCCC1CNc1nc(N)nc(C2CC2)n1. The van der Waals surface area contributed by atoms with E-state index in [1.54, 1.807) is 0 Å². The fourth-order valence-electron chi connectivity index (χ4n) is 2.28. The number of nitrogens with one attached hydrogen (secondary N) is 1. The normalized spacial score (nSPS) is 27.4. The summed E-state index contributed by atoms with van der Waals surface area (Å²) in [5.41, 5.74) is 5.71. The van der Waals surface area contributed by atoms with Crippen LogP contribution in [0.15, 0.2) is 0 Å². The lowest BCUT2D eigenvalue weighted by molar-refractivity contribution is 0.108. The number of nitrogen functional groups attached to an aromatic ring is 1. The van der Waals surface area contributed by atoms with E-state index < -0.39 is 0 Å². The van der Waals surface area contributed by atoms with Crippen molar-refractivity contribution in [3.05, 3.63) is 5.82 Å². The fourth-order valence-corrected chi connectivity index (χ4v) is 2.28. The van der Waals surface area contributed by atoms with E-state index in [4.69, 9.17) is 10.5 Å². The molecule has 2 fully saturated rings. The van der Waals surface area contributed by atoms with Crippen LogP contribution >= 0.6 is 0 Å². The molecular formula is C12H19N5O. The Labute approximate surface area is 106 Å². The maximum atomic E-state index is 5.71. The molecule has 1 aromatic heterocycles. The number of anilines is 2.